The molecule has 4 heteroatoms. The average Bonchev–Trinajstić information content (AvgIpc) is 2.66. The minimum atomic E-state index is 0.528. The molecule has 2 N–H and O–H groups in total. The number of aromatic nitrogens is 1. The molecule has 1 aromatic heterocycles. The maximum atomic E-state index is 6.24. The Morgan fingerprint density at radius 1 is 0.952 bits per heavy atom. The molecule has 2 aromatic carbocycles. The Kier molecular flexibility index (Phi) is 3.60. The molecule has 0 saturated carbocycles. The Balaban J connectivity index is 2.06. The largest absolute Gasteiger partial charge is 0.385 e. The van der Waals surface area contributed by atoms with Crippen molar-refractivity contribution >= 4 is 39.8 Å². The van der Waals surface area contributed by atoms with E-state index in [4.69, 9.17) is 28.9 Å². The van der Waals surface area contributed by atoms with Crippen LogP contribution in [-0.2, 0) is 6.54 Å². The van der Waals surface area contributed by atoms with Gasteiger partial charge in [-0.1, -0.05) is 52.5 Å². The van der Waals surface area contributed by atoms with E-state index in [9.17, 15) is 0 Å². The van der Waals surface area contributed by atoms with E-state index in [1.54, 1.807) is 0 Å². The zero-order valence-electron chi connectivity index (χ0n) is 12.0. The van der Waals surface area contributed by atoms with Crippen molar-refractivity contribution in [2.45, 2.75) is 20.4 Å². The molecule has 0 aliphatic heterocycles. The Labute approximate surface area is 134 Å². The first-order valence-corrected chi connectivity index (χ1v) is 7.50. The zero-order chi connectivity index (χ0) is 15.1. The first-order chi connectivity index (χ1) is 9.94. The van der Waals surface area contributed by atoms with E-state index >= 15 is 0 Å². The van der Waals surface area contributed by atoms with Crippen LogP contribution in [0.4, 0.5) is 5.82 Å². The van der Waals surface area contributed by atoms with Crippen LogP contribution in [-0.4, -0.2) is 4.57 Å². The third kappa shape index (κ3) is 2.74. The van der Waals surface area contributed by atoms with E-state index in [0.29, 0.717) is 15.9 Å². The summed E-state index contributed by atoms with van der Waals surface area (Å²) in [5.74, 6) is 0.711. The molecule has 0 aliphatic rings. The van der Waals surface area contributed by atoms with Crippen LogP contribution in [0.25, 0.3) is 10.8 Å². The van der Waals surface area contributed by atoms with Crippen LogP contribution >= 0.6 is 23.2 Å². The van der Waals surface area contributed by atoms with Crippen molar-refractivity contribution in [1.29, 1.82) is 0 Å². The lowest BCUT2D eigenvalue weighted by molar-refractivity contribution is 0.819. The number of nitrogens with zero attached hydrogens (tertiary/aromatic N) is 1. The minimum Gasteiger partial charge on any atom is -0.385 e. The molecule has 3 aromatic rings. The fourth-order valence-electron chi connectivity index (χ4n) is 2.77. The molecule has 0 spiro atoms. The second-order valence-electron chi connectivity index (χ2n) is 5.49. The van der Waals surface area contributed by atoms with E-state index in [2.05, 4.69) is 32.0 Å². The first-order valence-electron chi connectivity index (χ1n) is 6.74. The van der Waals surface area contributed by atoms with Gasteiger partial charge in [0, 0.05) is 23.5 Å². The highest BCUT2D eigenvalue weighted by atomic mass is 35.5. The highest BCUT2D eigenvalue weighted by Crippen LogP contribution is 2.32. The molecule has 0 atom stereocenters. The molecule has 0 saturated heterocycles. The SMILES string of the molecule is Cc1cc(C)cc(Cn2cc3cc(Cl)c(Cl)cc3c2N)c1. The molecule has 0 fully saturated rings. The van der Waals surface area contributed by atoms with E-state index in [0.717, 1.165) is 17.3 Å². The number of rotatable bonds is 2. The third-order valence-electron chi connectivity index (χ3n) is 3.61. The van der Waals surface area contributed by atoms with Gasteiger partial charge in [0.15, 0.2) is 0 Å². The molecule has 3 rings (SSSR count). The quantitative estimate of drug-likeness (QED) is 0.692. The van der Waals surface area contributed by atoms with Gasteiger partial charge in [-0.2, -0.15) is 0 Å². The number of halogens is 2. The van der Waals surface area contributed by atoms with Crippen LogP contribution in [0.15, 0.2) is 36.5 Å². The predicted molar refractivity (Wildman–Crippen MR) is 91.4 cm³/mol. The lowest BCUT2D eigenvalue weighted by Gasteiger charge is -2.08. The van der Waals surface area contributed by atoms with Crippen molar-refractivity contribution in [2.75, 3.05) is 5.73 Å². The predicted octanol–water partition coefficient (Wildman–Crippen LogP) is 5.20. The van der Waals surface area contributed by atoms with Gasteiger partial charge in [0.1, 0.15) is 5.82 Å². The van der Waals surface area contributed by atoms with Gasteiger partial charge in [0.2, 0.25) is 0 Å². The van der Waals surface area contributed by atoms with E-state index in [1.165, 1.54) is 16.7 Å². The van der Waals surface area contributed by atoms with Crippen LogP contribution in [0.1, 0.15) is 16.7 Å². The Morgan fingerprint density at radius 2 is 1.57 bits per heavy atom. The normalized spacial score (nSPS) is 11.2. The number of hydrogen-bond acceptors (Lipinski definition) is 1. The first kappa shape index (κ1) is 14.3. The number of aryl methyl sites for hydroxylation is 2. The van der Waals surface area contributed by atoms with E-state index in [-0.39, 0.29) is 0 Å². The van der Waals surface area contributed by atoms with Crippen LogP contribution in [0.2, 0.25) is 10.0 Å². The van der Waals surface area contributed by atoms with Gasteiger partial charge in [-0.25, -0.2) is 0 Å². The van der Waals surface area contributed by atoms with Gasteiger partial charge in [-0.3, -0.25) is 0 Å². The smallest absolute Gasteiger partial charge is 0.111 e. The summed E-state index contributed by atoms with van der Waals surface area (Å²) in [6, 6.07) is 10.2. The van der Waals surface area contributed by atoms with Crippen molar-refractivity contribution in [1.82, 2.24) is 4.57 Å². The summed E-state index contributed by atoms with van der Waals surface area (Å²) in [4.78, 5) is 0. The fourth-order valence-corrected chi connectivity index (χ4v) is 3.11. The van der Waals surface area contributed by atoms with Gasteiger partial charge in [0.25, 0.3) is 0 Å². The number of benzene rings is 2. The average molecular weight is 319 g/mol. The summed E-state index contributed by atoms with van der Waals surface area (Å²) in [6.07, 6.45) is 2.02. The summed E-state index contributed by atoms with van der Waals surface area (Å²) >= 11 is 12.1. The molecule has 108 valence electrons. The van der Waals surface area contributed by atoms with Gasteiger partial charge >= 0.3 is 0 Å². The van der Waals surface area contributed by atoms with Crippen LogP contribution in [0.3, 0.4) is 0 Å². The van der Waals surface area contributed by atoms with Crippen molar-refractivity contribution < 1.29 is 0 Å². The number of fused-ring (bicyclic) bond motifs is 1. The van der Waals surface area contributed by atoms with Crippen molar-refractivity contribution in [2.24, 2.45) is 0 Å². The molecule has 2 nitrogen and oxygen atoms in total. The van der Waals surface area contributed by atoms with Crippen molar-refractivity contribution in [3.8, 4) is 0 Å². The number of hydrogen-bond donors (Lipinski definition) is 1. The van der Waals surface area contributed by atoms with Crippen LogP contribution < -0.4 is 5.73 Å². The molecule has 0 unspecified atom stereocenters. The lowest BCUT2D eigenvalue weighted by Crippen LogP contribution is -2.03. The number of nitrogen functional groups attached to an aromatic ring is 1. The molecular formula is C17H16Cl2N2. The van der Waals surface area contributed by atoms with Crippen molar-refractivity contribution in [3.05, 3.63) is 63.3 Å². The highest BCUT2D eigenvalue weighted by molar-refractivity contribution is 6.43. The van der Waals surface area contributed by atoms with Crippen LogP contribution in [0, 0.1) is 13.8 Å². The maximum Gasteiger partial charge on any atom is 0.111 e. The van der Waals surface area contributed by atoms with Gasteiger partial charge in [-0.05, 0) is 31.5 Å². The molecule has 0 bridgehead atoms. The lowest BCUT2D eigenvalue weighted by atomic mass is 10.1. The monoisotopic (exact) mass is 318 g/mol. The molecule has 0 radical (unpaired) electrons. The minimum absolute atomic E-state index is 0.528. The zero-order valence-corrected chi connectivity index (χ0v) is 13.5. The molecule has 1 heterocycles. The molecule has 0 amide bonds. The maximum absolute atomic E-state index is 6.24. The molecule has 0 aliphatic carbocycles. The highest BCUT2D eigenvalue weighted by Gasteiger charge is 2.10. The second kappa shape index (κ2) is 5.28. The summed E-state index contributed by atoms with van der Waals surface area (Å²) in [5, 5.41) is 3.02. The van der Waals surface area contributed by atoms with E-state index < -0.39 is 0 Å². The van der Waals surface area contributed by atoms with Gasteiger partial charge in [0.05, 0.1) is 10.0 Å². The summed E-state index contributed by atoms with van der Waals surface area (Å²) in [7, 11) is 0. The number of nitrogens with two attached hydrogens (primary N) is 1. The van der Waals surface area contributed by atoms with Gasteiger partial charge in [-0.15, -0.1) is 0 Å². The van der Waals surface area contributed by atoms with Crippen molar-refractivity contribution in [3.63, 3.8) is 0 Å². The Hall–Kier alpha value is -1.64. The second-order valence-corrected chi connectivity index (χ2v) is 6.31. The summed E-state index contributed by atoms with van der Waals surface area (Å²) < 4.78 is 2.03. The molecular weight excluding hydrogens is 303 g/mol. The third-order valence-corrected chi connectivity index (χ3v) is 4.33. The van der Waals surface area contributed by atoms with Crippen LogP contribution in [0.5, 0.6) is 0 Å². The Bertz CT molecular complexity index is 814. The fraction of sp³-hybridized carbons (Fsp3) is 0.176. The molecule has 21 heavy (non-hydrogen) atoms. The topological polar surface area (TPSA) is 30.9 Å². The Morgan fingerprint density at radius 3 is 2.24 bits per heavy atom. The summed E-state index contributed by atoms with van der Waals surface area (Å²) in [5.41, 5.74) is 9.99. The number of anilines is 1. The standard InChI is InChI=1S/C17H16Cl2N2/c1-10-3-11(2)5-12(4-10)8-21-9-13-6-15(18)16(19)7-14(13)17(21)20/h3-7,9H,8,20H2,1-2H3. The van der Waals surface area contributed by atoms with E-state index in [1.807, 2.05) is 22.9 Å². The summed E-state index contributed by atoms with van der Waals surface area (Å²) in [6.45, 7) is 4.94. The van der Waals surface area contributed by atoms with Gasteiger partial charge < -0.3 is 10.3 Å².